The van der Waals surface area contributed by atoms with E-state index in [4.69, 9.17) is 8.83 Å². The number of benzene rings is 2. The van der Waals surface area contributed by atoms with E-state index in [0.717, 1.165) is 38.6 Å². The Bertz CT molecular complexity index is 1080. The molecule has 3 heteroatoms. The highest BCUT2D eigenvalue weighted by Gasteiger charge is 2.16. The third-order valence-electron chi connectivity index (χ3n) is 4.28. The Morgan fingerprint density at radius 3 is 2.19 bits per heavy atom. The molecule has 0 saturated heterocycles. The average Bonchev–Trinajstić information content (AvgIpc) is 2.77. The molecule has 21 heavy (non-hydrogen) atoms. The van der Waals surface area contributed by atoms with E-state index in [1.54, 1.807) is 6.07 Å². The van der Waals surface area contributed by atoms with Gasteiger partial charge in [0.2, 0.25) is 0 Å². The molecular formula is C18H14O3. The molecule has 0 radical (unpaired) electrons. The first kappa shape index (κ1) is 12.2. The molecule has 0 amide bonds. The molecule has 4 rings (SSSR count). The fourth-order valence-corrected chi connectivity index (χ4v) is 2.99. The molecular weight excluding hydrogens is 264 g/mol. The van der Waals surface area contributed by atoms with Crippen molar-refractivity contribution in [2.45, 2.75) is 20.8 Å². The van der Waals surface area contributed by atoms with Crippen LogP contribution >= 0.6 is 0 Å². The number of hydrogen-bond acceptors (Lipinski definition) is 3. The summed E-state index contributed by atoms with van der Waals surface area (Å²) in [7, 11) is 0. The highest BCUT2D eigenvalue weighted by atomic mass is 16.4. The van der Waals surface area contributed by atoms with Gasteiger partial charge in [-0.2, -0.15) is 0 Å². The van der Waals surface area contributed by atoms with Crippen molar-refractivity contribution in [3.8, 4) is 0 Å². The summed E-state index contributed by atoms with van der Waals surface area (Å²) >= 11 is 0. The van der Waals surface area contributed by atoms with E-state index >= 15 is 0 Å². The quantitative estimate of drug-likeness (QED) is 0.348. The minimum Gasteiger partial charge on any atom is -0.461 e. The van der Waals surface area contributed by atoms with Crippen LogP contribution in [-0.2, 0) is 0 Å². The molecule has 0 aliphatic heterocycles. The van der Waals surface area contributed by atoms with Crippen molar-refractivity contribution >= 4 is 32.7 Å². The van der Waals surface area contributed by atoms with Crippen LogP contribution in [0.3, 0.4) is 0 Å². The van der Waals surface area contributed by atoms with E-state index < -0.39 is 0 Å². The van der Waals surface area contributed by atoms with Crippen LogP contribution in [-0.4, -0.2) is 0 Å². The highest BCUT2D eigenvalue weighted by molar-refractivity contribution is 6.10. The molecule has 104 valence electrons. The predicted octanol–water partition coefficient (Wildman–Crippen LogP) is 4.62. The first-order chi connectivity index (χ1) is 10.1. The second-order valence-electron chi connectivity index (χ2n) is 5.47. The van der Waals surface area contributed by atoms with Crippen molar-refractivity contribution in [1.29, 1.82) is 0 Å². The van der Waals surface area contributed by atoms with Crippen LogP contribution in [0.1, 0.15) is 16.9 Å². The summed E-state index contributed by atoms with van der Waals surface area (Å²) in [5.74, 6) is 0.898. The summed E-state index contributed by atoms with van der Waals surface area (Å²) in [6.45, 7) is 5.94. The summed E-state index contributed by atoms with van der Waals surface area (Å²) in [6.07, 6.45) is 0. The molecule has 2 heterocycles. The molecule has 3 nitrogen and oxygen atoms in total. The molecule has 0 aliphatic rings. The first-order valence-electron chi connectivity index (χ1n) is 6.93. The van der Waals surface area contributed by atoms with Gasteiger partial charge < -0.3 is 8.83 Å². The molecule has 0 bridgehead atoms. The molecule has 0 aliphatic carbocycles. The molecule has 4 aromatic rings. The van der Waals surface area contributed by atoms with Crippen molar-refractivity contribution in [3.05, 3.63) is 57.6 Å². The zero-order chi connectivity index (χ0) is 14.7. The van der Waals surface area contributed by atoms with Gasteiger partial charge in [-0.15, -0.1) is 0 Å². The minimum absolute atomic E-state index is 0.305. The van der Waals surface area contributed by atoms with Crippen LogP contribution in [0.2, 0.25) is 0 Å². The molecule has 0 saturated carbocycles. The smallest absolute Gasteiger partial charge is 0.344 e. The van der Waals surface area contributed by atoms with E-state index in [1.807, 2.05) is 39.0 Å². The second kappa shape index (κ2) is 3.98. The first-order valence-corrected chi connectivity index (χ1v) is 6.93. The highest BCUT2D eigenvalue weighted by Crippen LogP contribution is 2.35. The number of furan rings is 1. The van der Waals surface area contributed by atoms with E-state index in [-0.39, 0.29) is 5.63 Å². The Morgan fingerprint density at radius 2 is 1.43 bits per heavy atom. The maximum absolute atomic E-state index is 12.2. The van der Waals surface area contributed by atoms with E-state index in [1.165, 1.54) is 0 Å². The molecule has 0 atom stereocenters. The SMILES string of the molecule is Cc1oc2c(C)c3oc(=O)c4ccccc4c3cc2c1C. The molecule has 0 spiro atoms. The van der Waals surface area contributed by atoms with Crippen LogP contribution < -0.4 is 5.63 Å². The number of aryl methyl sites for hydroxylation is 3. The van der Waals surface area contributed by atoms with Crippen molar-refractivity contribution in [1.82, 2.24) is 0 Å². The number of fused-ring (bicyclic) bond motifs is 4. The summed E-state index contributed by atoms with van der Waals surface area (Å²) in [5.41, 5.74) is 3.11. The summed E-state index contributed by atoms with van der Waals surface area (Å²) < 4.78 is 11.4. The van der Waals surface area contributed by atoms with Crippen LogP contribution in [0.4, 0.5) is 0 Å². The Balaban J connectivity index is 2.37. The standard InChI is InChI=1S/C18H14O3/c1-9-11(3)20-16-10(2)17-15(8-14(9)16)12-6-4-5-7-13(12)18(19)21-17/h4-8H,1-3H3. The van der Waals surface area contributed by atoms with Gasteiger partial charge in [0.15, 0.2) is 0 Å². The van der Waals surface area contributed by atoms with E-state index in [2.05, 4.69) is 6.07 Å². The lowest BCUT2D eigenvalue weighted by atomic mass is 10.0. The zero-order valence-corrected chi connectivity index (χ0v) is 12.1. The van der Waals surface area contributed by atoms with Gasteiger partial charge in [-0.25, -0.2) is 4.79 Å². The largest absolute Gasteiger partial charge is 0.461 e. The lowest BCUT2D eigenvalue weighted by molar-refractivity contribution is 0.557. The van der Waals surface area contributed by atoms with Gasteiger partial charge in [-0.1, -0.05) is 18.2 Å². The van der Waals surface area contributed by atoms with Crippen molar-refractivity contribution < 1.29 is 8.83 Å². The van der Waals surface area contributed by atoms with Gasteiger partial charge in [-0.3, -0.25) is 0 Å². The third-order valence-corrected chi connectivity index (χ3v) is 4.28. The Labute approximate surface area is 120 Å². The summed E-state index contributed by atoms with van der Waals surface area (Å²) in [5, 5.41) is 3.57. The monoisotopic (exact) mass is 278 g/mol. The van der Waals surface area contributed by atoms with Crippen molar-refractivity contribution in [2.75, 3.05) is 0 Å². The number of rotatable bonds is 0. The fourth-order valence-electron chi connectivity index (χ4n) is 2.99. The van der Waals surface area contributed by atoms with Gasteiger partial charge in [0.1, 0.15) is 16.9 Å². The van der Waals surface area contributed by atoms with Gasteiger partial charge >= 0.3 is 5.63 Å². The van der Waals surface area contributed by atoms with Crippen molar-refractivity contribution in [2.24, 2.45) is 0 Å². The fraction of sp³-hybridized carbons (Fsp3) is 0.167. The molecule has 0 fully saturated rings. The summed E-state index contributed by atoms with van der Waals surface area (Å²) in [6, 6.07) is 9.61. The van der Waals surface area contributed by atoms with Crippen LogP contribution in [0.5, 0.6) is 0 Å². The topological polar surface area (TPSA) is 43.4 Å². The Hall–Kier alpha value is -2.55. The van der Waals surface area contributed by atoms with Gasteiger partial charge in [0, 0.05) is 16.3 Å². The van der Waals surface area contributed by atoms with E-state index in [9.17, 15) is 4.79 Å². The van der Waals surface area contributed by atoms with Gasteiger partial charge in [-0.05, 0) is 43.9 Å². The van der Waals surface area contributed by atoms with E-state index in [0.29, 0.717) is 11.0 Å². The lowest BCUT2D eigenvalue weighted by Crippen LogP contribution is -2.00. The minimum atomic E-state index is -0.305. The molecule has 2 aromatic heterocycles. The lowest BCUT2D eigenvalue weighted by Gasteiger charge is -2.05. The second-order valence-corrected chi connectivity index (χ2v) is 5.47. The van der Waals surface area contributed by atoms with Gasteiger partial charge in [0.05, 0.1) is 5.39 Å². The number of hydrogen-bond donors (Lipinski definition) is 0. The predicted molar refractivity (Wildman–Crippen MR) is 84.0 cm³/mol. The zero-order valence-electron chi connectivity index (χ0n) is 12.1. The summed E-state index contributed by atoms with van der Waals surface area (Å²) in [4.78, 5) is 12.2. The molecule has 2 aromatic carbocycles. The van der Waals surface area contributed by atoms with Crippen LogP contribution in [0.15, 0.2) is 44.0 Å². The average molecular weight is 278 g/mol. The third kappa shape index (κ3) is 1.51. The van der Waals surface area contributed by atoms with Gasteiger partial charge in [0.25, 0.3) is 0 Å². The van der Waals surface area contributed by atoms with Crippen molar-refractivity contribution in [3.63, 3.8) is 0 Å². The Kier molecular flexibility index (Phi) is 2.31. The normalized spacial score (nSPS) is 11.8. The molecule has 0 unspecified atom stereocenters. The molecule has 0 N–H and O–H groups in total. The maximum Gasteiger partial charge on any atom is 0.344 e. The Morgan fingerprint density at radius 1 is 0.762 bits per heavy atom. The van der Waals surface area contributed by atoms with Crippen LogP contribution in [0, 0.1) is 20.8 Å². The van der Waals surface area contributed by atoms with Crippen LogP contribution in [0.25, 0.3) is 32.7 Å². The maximum atomic E-state index is 12.2.